The van der Waals surface area contributed by atoms with Crippen molar-refractivity contribution in [3.63, 3.8) is 0 Å². The van der Waals surface area contributed by atoms with Crippen LogP contribution in [0.15, 0.2) is 0 Å². The number of urea groups is 2. The largest absolute Gasteiger partial charge is 0.480 e. The fourth-order valence-electron chi connectivity index (χ4n) is 2.18. The van der Waals surface area contributed by atoms with E-state index in [0.717, 1.165) is 4.90 Å². The maximum Gasteiger partial charge on any atom is 0.326 e. The quantitative estimate of drug-likeness (QED) is 0.513. The molecule has 0 spiro atoms. The van der Waals surface area contributed by atoms with Crippen LogP contribution in [0.25, 0.3) is 0 Å². The highest BCUT2D eigenvalue weighted by molar-refractivity contribution is 5.88. The molecular formula is C9H14N4O4. The molecule has 0 radical (unpaired) electrons. The summed E-state index contributed by atoms with van der Waals surface area (Å²) in [6, 6.07) is -1.88. The molecule has 2 rings (SSSR count). The van der Waals surface area contributed by atoms with Crippen molar-refractivity contribution in [1.29, 1.82) is 0 Å². The Morgan fingerprint density at radius 2 is 1.94 bits per heavy atom. The van der Waals surface area contributed by atoms with Gasteiger partial charge in [-0.1, -0.05) is 13.8 Å². The van der Waals surface area contributed by atoms with Gasteiger partial charge in [0.2, 0.25) is 0 Å². The summed E-state index contributed by atoms with van der Waals surface area (Å²) in [5, 5.41) is 16.7. The van der Waals surface area contributed by atoms with E-state index >= 15 is 0 Å². The summed E-state index contributed by atoms with van der Waals surface area (Å²) in [6.07, 6.45) is -1.23. The number of hydrogen-bond acceptors (Lipinski definition) is 3. The second-order valence-corrected chi connectivity index (χ2v) is 4.42. The Balaban J connectivity index is 2.26. The van der Waals surface area contributed by atoms with Crippen molar-refractivity contribution in [2.75, 3.05) is 0 Å². The highest BCUT2D eigenvalue weighted by Gasteiger charge is 2.50. The third kappa shape index (κ3) is 1.75. The molecule has 0 aromatic carbocycles. The van der Waals surface area contributed by atoms with E-state index in [-0.39, 0.29) is 5.92 Å². The van der Waals surface area contributed by atoms with Crippen molar-refractivity contribution < 1.29 is 19.5 Å². The summed E-state index contributed by atoms with van der Waals surface area (Å²) >= 11 is 0. The van der Waals surface area contributed by atoms with Crippen molar-refractivity contribution in [3.8, 4) is 0 Å². The van der Waals surface area contributed by atoms with Crippen LogP contribution < -0.4 is 16.0 Å². The second-order valence-electron chi connectivity index (χ2n) is 4.42. The number of rotatable bonds is 3. The first-order valence-corrected chi connectivity index (χ1v) is 5.30. The van der Waals surface area contributed by atoms with E-state index in [2.05, 4.69) is 16.0 Å². The van der Waals surface area contributed by atoms with Gasteiger partial charge < -0.3 is 21.1 Å². The lowest BCUT2D eigenvalue weighted by molar-refractivity contribution is -0.144. The predicted octanol–water partition coefficient (Wildman–Crippen LogP) is -0.914. The molecule has 3 atom stereocenters. The van der Waals surface area contributed by atoms with Gasteiger partial charge in [-0.05, 0) is 5.92 Å². The highest BCUT2D eigenvalue weighted by Crippen LogP contribution is 2.21. The number of carboxylic acid groups (broad SMARTS) is 1. The topological polar surface area (TPSA) is 111 Å². The third-order valence-corrected chi connectivity index (χ3v) is 2.88. The molecule has 2 aliphatic heterocycles. The van der Waals surface area contributed by atoms with Gasteiger partial charge in [0.15, 0.2) is 0 Å². The van der Waals surface area contributed by atoms with Crippen molar-refractivity contribution in [3.05, 3.63) is 0 Å². The molecule has 0 aromatic heterocycles. The standard InChI is InChI=1S/C9H14N4O4/c1-3(2)4(7(14)15)13-6-5(11-9(13)17)10-8(16)12-6/h3-6H,1-2H3,(H,11,17)(H,14,15)(H2,10,12,16). The van der Waals surface area contributed by atoms with Gasteiger partial charge in [0.05, 0.1) is 0 Å². The van der Waals surface area contributed by atoms with Gasteiger partial charge in [-0.15, -0.1) is 0 Å². The Bertz CT molecular complexity index is 383. The van der Waals surface area contributed by atoms with E-state index < -0.39 is 36.4 Å². The zero-order valence-electron chi connectivity index (χ0n) is 9.43. The molecule has 3 unspecified atom stereocenters. The second kappa shape index (κ2) is 3.79. The highest BCUT2D eigenvalue weighted by atomic mass is 16.4. The van der Waals surface area contributed by atoms with Crippen molar-refractivity contribution in [2.45, 2.75) is 32.2 Å². The van der Waals surface area contributed by atoms with Crippen LogP contribution in [-0.2, 0) is 4.79 Å². The number of hydrogen-bond donors (Lipinski definition) is 4. The molecule has 2 heterocycles. The normalized spacial score (nSPS) is 28.5. The van der Waals surface area contributed by atoms with Crippen LogP contribution in [0, 0.1) is 5.92 Å². The van der Waals surface area contributed by atoms with Crippen molar-refractivity contribution in [2.24, 2.45) is 5.92 Å². The molecule has 0 aromatic rings. The predicted molar refractivity (Wildman–Crippen MR) is 55.9 cm³/mol. The maximum atomic E-state index is 11.7. The molecule has 4 amide bonds. The number of aliphatic carboxylic acids is 1. The summed E-state index contributed by atoms with van der Waals surface area (Å²) in [5.41, 5.74) is 0. The van der Waals surface area contributed by atoms with Crippen LogP contribution in [0.5, 0.6) is 0 Å². The minimum atomic E-state index is -1.09. The van der Waals surface area contributed by atoms with Crippen molar-refractivity contribution >= 4 is 18.0 Å². The van der Waals surface area contributed by atoms with Gasteiger partial charge in [-0.2, -0.15) is 0 Å². The number of nitrogens with zero attached hydrogens (tertiary/aromatic N) is 1. The van der Waals surface area contributed by atoms with Crippen LogP contribution in [0.2, 0.25) is 0 Å². The summed E-state index contributed by atoms with van der Waals surface area (Å²) in [7, 11) is 0. The monoisotopic (exact) mass is 242 g/mol. The number of nitrogens with one attached hydrogen (secondary N) is 3. The fourth-order valence-corrected chi connectivity index (χ4v) is 2.18. The lowest BCUT2D eigenvalue weighted by Gasteiger charge is -2.30. The lowest BCUT2D eigenvalue weighted by atomic mass is 10.0. The summed E-state index contributed by atoms with van der Waals surface area (Å²) < 4.78 is 0. The number of carbonyl (C=O) groups is 3. The zero-order valence-corrected chi connectivity index (χ0v) is 9.43. The minimum absolute atomic E-state index is 0.255. The first-order chi connectivity index (χ1) is 7.91. The number of amides is 4. The Labute approximate surface area is 97.3 Å². The van der Waals surface area contributed by atoms with E-state index in [0.29, 0.717) is 0 Å². The zero-order chi connectivity index (χ0) is 12.7. The molecule has 2 fully saturated rings. The lowest BCUT2D eigenvalue weighted by Crippen LogP contribution is -2.54. The molecule has 2 aliphatic rings. The molecular weight excluding hydrogens is 228 g/mol. The summed E-state index contributed by atoms with van der Waals surface area (Å²) in [5.74, 6) is -1.34. The molecule has 8 heteroatoms. The van der Waals surface area contributed by atoms with E-state index in [1.54, 1.807) is 13.8 Å². The average molecular weight is 242 g/mol. The van der Waals surface area contributed by atoms with Crippen LogP contribution >= 0.6 is 0 Å². The van der Waals surface area contributed by atoms with Gasteiger partial charge >= 0.3 is 18.0 Å². The number of carboxylic acids is 1. The molecule has 8 nitrogen and oxygen atoms in total. The first-order valence-electron chi connectivity index (χ1n) is 5.30. The summed E-state index contributed by atoms with van der Waals surface area (Å²) in [6.45, 7) is 3.42. The Morgan fingerprint density at radius 1 is 1.29 bits per heavy atom. The molecule has 94 valence electrons. The van der Waals surface area contributed by atoms with Gasteiger partial charge in [0.1, 0.15) is 18.4 Å². The summed E-state index contributed by atoms with van der Waals surface area (Å²) in [4.78, 5) is 35.2. The molecule has 4 N–H and O–H groups in total. The SMILES string of the molecule is CC(C)C(C(=O)O)N1C(=O)NC2NC(=O)NC21. The first kappa shape index (κ1) is 11.5. The van der Waals surface area contributed by atoms with Crippen LogP contribution in [0.3, 0.4) is 0 Å². The van der Waals surface area contributed by atoms with Crippen molar-refractivity contribution in [1.82, 2.24) is 20.9 Å². The fraction of sp³-hybridized carbons (Fsp3) is 0.667. The Kier molecular flexibility index (Phi) is 2.56. The van der Waals surface area contributed by atoms with E-state index in [9.17, 15) is 14.4 Å². The minimum Gasteiger partial charge on any atom is -0.480 e. The van der Waals surface area contributed by atoms with E-state index in [1.807, 2.05) is 0 Å². The maximum absolute atomic E-state index is 11.7. The molecule has 17 heavy (non-hydrogen) atoms. The van der Waals surface area contributed by atoms with Crippen LogP contribution in [-0.4, -0.2) is 46.4 Å². The Morgan fingerprint density at radius 3 is 2.47 bits per heavy atom. The van der Waals surface area contributed by atoms with E-state index in [4.69, 9.17) is 5.11 Å². The van der Waals surface area contributed by atoms with Gasteiger partial charge in [-0.3, -0.25) is 4.90 Å². The molecule has 0 bridgehead atoms. The van der Waals surface area contributed by atoms with Crippen LogP contribution in [0.1, 0.15) is 13.8 Å². The number of fused-ring (bicyclic) bond motifs is 1. The molecule has 0 saturated carbocycles. The average Bonchev–Trinajstić information content (AvgIpc) is 2.64. The Hall–Kier alpha value is -1.99. The smallest absolute Gasteiger partial charge is 0.326 e. The van der Waals surface area contributed by atoms with E-state index in [1.165, 1.54) is 0 Å². The third-order valence-electron chi connectivity index (χ3n) is 2.88. The number of carbonyl (C=O) groups excluding carboxylic acids is 2. The van der Waals surface area contributed by atoms with Gasteiger partial charge in [0.25, 0.3) is 0 Å². The van der Waals surface area contributed by atoms with Gasteiger partial charge in [0, 0.05) is 0 Å². The molecule has 2 saturated heterocycles. The van der Waals surface area contributed by atoms with Crippen LogP contribution in [0.4, 0.5) is 9.59 Å². The van der Waals surface area contributed by atoms with Gasteiger partial charge in [-0.25, -0.2) is 14.4 Å². The molecule has 0 aliphatic carbocycles.